The highest BCUT2D eigenvalue weighted by molar-refractivity contribution is 5.91. The average molecular weight is 327 g/mol. The minimum absolute atomic E-state index is 0.00241. The van der Waals surface area contributed by atoms with Crippen LogP contribution >= 0.6 is 0 Å². The molecule has 3 heterocycles. The molecule has 1 N–H and O–H groups in total. The Morgan fingerprint density at radius 1 is 1.29 bits per heavy atom. The van der Waals surface area contributed by atoms with Crippen molar-refractivity contribution in [2.24, 2.45) is 0 Å². The lowest BCUT2D eigenvalue weighted by Gasteiger charge is -2.32. The van der Waals surface area contributed by atoms with Crippen LogP contribution < -0.4 is 5.32 Å². The van der Waals surface area contributed by atoms with Gasteiger partial charge in [-0.25, -0.2) is 0 Å². The third-order valence-electron chi connectivity index (χ3n) is 4.20. The standard InChI is InChI=1S/C18H21N3O3/c22-17(6-5-14-7-9-19-10-8-14)20-15-3-1-11-21(13-15)18(23)16-4-2-12-24-16/h2,4,7-10,12,15H,1,3,5-6,11,13H2,(H,20,22). The number of aryl methyl sites for hydroxylation is 1. The SMILES string of the molecule is O=C(CCc1ccncc1)NC1CCCN(C(=O)c2ccco2)C1. The molecule has 1 fully saturated rings. The third-order valence-corrected chi connectivity index (χ3v) is 4.20. The van der Waals surface area contributed by atoms with Crippen LogP contribution in [0.25, 0.3) is 0 Å². The molecule has 0 aromatic carbocycles. The molecule has 24 heavy (non-hydrogen) atoms. The second-order valence-corrected chi connectivity index (χ2v) is 5.99. The molecule has 0 spiro atoms. The van der Waals surface area contributed by atoms with Gasteiger partial charge in [0.15, 0.2) is 5.76 Å². The van der Waals surface area contributed by atoms with Gasteiger partial charge in [-0.3, -0.25) is 14.6 Å². The Morgan fingerprint density at radius 2 is 2.12 bits per heavy atom. The molecule has 2 aromatic rings. The zero-order valence-corrected chi connectivity index (χ0v) is 13.5. The van der Waals surface area contributed by atoms with Crippen molar-refractivity contribution >= 4 is 11.8 Å². The molecule has 1 aliphatic heterocycles. The first-order chi connectivity index (χ1) is 11.7. The highest BCUT2D eigenvalue weighted by atomic mass is 16.3. The van der Waals surface area contributed by atoms with E-state index in [1.54, 1.807) is 29.4 Å². The Hall–Kier alpha value is -2.63. The van der Waals surface area contributed by atoms with E-state index in [9.17, 15) is 9.59 Å². The van der Waals surface area contributed by atoms with E-state index in [0.717, 1.165) is 18.4 Å². The van der Waals surface area contributed by atoms with Crippen LogP contribution in [-0.2, 0) is 11.2 Å². The fraction of sp³-hybridized carbons (Fsp3) is 0.389. The van der Waals surface area contributed by atoms with Crippen molar-refractivity contribution in [3.05, 3.63) is 54.2 Å². The first kappa shape index (κ1) is 16.2. The van der Waals surface area contributed by atoms with Crippen LogP contribution in [0.3, 0.4) is 0 Å². The number of pyridine rings is 1. The Morgan fingerprint density at radius 3 is 2.88 bits per heavy atom. The van der Waals surface area contributed by atoms with E-state index >= 15 is 0 Å². The number of hydrogen-bond donors (Lipinski definition) is 1. The van der Waals surface area contributed by atoms with Gasteiger partial charge >= 0.3 is 0 Å². The van der Waals surface area contributed by atoms with Gasteiger partial charge in [0.1, 0.15) is 0 Å². The van der Waals surface area contributed by atoms with Gasteiger partial charge in [0.2, 0.25) is 5.91 Å². The number of nitrogens with one attached hydrogen (secondary N) is 1. The minimum Gasteiger partial charge on any atom is -0.459 e. The van der Waals surface area contributed by atoms with Gasteiger partial charge in [0, 0.05) is 37.9 Å². The number of carbonyl (C=O) groups is 2. The monoisotopic (exact) mass is 327 g/mol. The van der Waals surface area contributed by atoms with Crippen LogP contribution in [0.15, 0.2) is 47.3 Å². The molecule has 3 rings (SSSR count). The van der Waals surface area contributed by atoms with Crippen molar-refractivity contribution in [2.75, 3.05) is 13.1 Å². The normalized spacial score (nSPS) is 17.5. The molecular weight excluding hydrogens is 306 g/mol. The number of carbonyl (C=O) groups excluding carboxylic acids is 2. The number of amides is 2. The van der Waals surface area contributed by atoms with Crippen LogP contribution in [0.2, 0.25) is 0 Å². The molecular formula is C18H21N3O3. The maximum absolute atomic E-state index is 12.3. The molecule has 1 atom stereocenters. The summed E-state index contributed by atoms with van der Waals surface area (Å²) in [6.45, 7) is 1.23. The predicted octanol–water partition coefficient (Wildman–Crippen LogP) is 2.03. The van der Waals surface area contributed by atoms with Crippen LogP contribution in [0.4, 0.5) is 0 Å². The van der Waals surface area contributed by atoms with Crippen molar-refractivity contribution in [3.8, 4) is 0 Å². The quantitative estimate of drug-likeness (QED) is 0.912. The molecule has 1 unspecified atom stereocenters. The summed E-state index contributed by atoms with van der Waals surface area (Å²) in [5, 5.41) is 3.04. The van der Waals surface area contributed by atoms with E-state index in [-0.39, 0.29) is 17.9 Å². The molecule has 0 aliphatic carbocycles. The summed E-state index contributed by atoms with van der Waals surface area (Å²) in [6, 6.07) is 7.20. The maximum atomic E-state index is 12.3. The average Bonchev–Trinajstić information content (AvgIpc) is 3.15. The second kappa shape index (κ2) is 7.77. The number of hydrogen-bond acceptors (Lipinski definition) is 4. The summed E-state index contributed by atoms with van der Waals surface area (Å²) in [5.74, 6) is 0.250. The third kappa shape index (κ3) is 4.22. The van der Waals surface area contributed by atoms with Gasteiger partial charge in [-0.05, 0) is 49.1 Å². The fourth-order valence-electron chi connectivity index (χ4n) is 2.94. The lowest BCUT2D eigenvalue weighted by atomic mass is 10.0. The van der Waals surface area contributed by atoms with Gasteiger partial charge in [0.05, 0.1) is 6.26 Å². The number of rotatable bonds is 5. The molecule has 6 nitrogen and oxygen atoms in total. The minimum atomic E-state index is -0.115. The summed E-state index contributed by atoms with van der Waals surface area (Å²) >= 11 is 0. The molecule has 6 heteroatoms. The van der Waals surface area contributed by atoms with Gasteiger partial charge in [-0.15, -0.1) is 0 Å². The van der Waals surface area contributed by atoms with Crippen LogP contribution in [-0.4, -0.2) is 40.8 Å². The number of furan rings is 1. The Kier molecular flexibility index (Phi) is 5.25. The molecule has 1 aliphatic rings. The van der Waals surface area contributed by atoms with Crippen molar-refractivity contribution in [1.29, 1.82) is 0 Å². The van der Waals surface area contributed by atoms with Crippen molar-refractivity contribution in [2.45, 2.75) is 31.7 Å². The highest BCUT2D eigenvalue weighted by Crippen LogP contribution is 2.14. The van der Waals surface area contributed by atoms with E-state index in [1.807, 2.05) is 12.1 Å². The van der Waals surface area contributed by atoms with Crippen molar-refractivity contribution < 1.29 is 14.0 Å². The van der Waals surface area contributed by atoms with Crippen molar-refractivity contribution in [1.82, 2.24) is 15.2 Å². The van der Waals surface area contributed by atoms with Gasteiger partial charge in [-0.2, -0.15) is 0 Å². The molecule has 0 saturated carbocycles. The van der Waals surface area contributed by atoms with E-state index in [4.69, 9.17) is 4.42 Å². The summed E-state index contributed by atoms with van der Waals surface area (Å²) in [7, 11) is 0. The lowest BCUT2D eigenvalue weighted by molar-refractivity contribution is -0.122. The first-order valence-electron chi connectivity index (χ1n) is 8.23. The summed E-state index contributed by atoms with van der Waals surface area (Å²) in [4.78, 5) is 30.2. The lowest BCUT2D eigenvalue weighted by Crippen LogP contribution is -2.49. The van der Waals surface area contributed by atoms with Crippen LogP contribution in [0.5, 0.6) is 0 Å². The van der Waals surface area contributed by atoms with Gasteiger partial charge in [-0.1, -0.05) is 0 Å². The largest absolute Gasteiger partial charge is 0.459 e. The zero-order valence-electron chi connectivity index (χ0n) is 13.5. The van der Waals surface area contributed by atoms with Gasteiger partial charge < -0.3 is 14.6 Å². The van der Waals surface area contributed by atoms with E-state index in [1.165, 1.54) is 6.26 Å². The summed E-state index contributed by atoms with van der Waals surface area (Å²) in [6.07, 6.45) is 7.85. The first-order valence-corrected chi connectivity index (χ1v) is 8.23. The van der Waals surface area contributed by atoms with E-state index in [2.05, 4.69) is 10.3 Å². The molecule has 126 valence electrons. The molecule has 0 bridgehead atoms. The molecule has 0 radical (unpaired) electrons. The van der Waals surface area contributed by atoms with Crippen molar-refractivity contribution in [3.63, 3.8) is 0 Å². The molecule has 2 amide bonds. The highest BCUT2D eigenvalue weighted by Gasteiger charge is 2.26. The zero-order chi connectivity index (χ0) is 16.8. The Bertz CT molecular complexity index is 670. The van der Waals surface area contributed by atoms with Crippen LogP contribution in [0.1, 0.15) is 35.4 Å². The summed E-state index contributed by atoms with van der Waals surface area (Å²) in [5.41, 5.74) is 1.10. The molecule has 1 saturated heterocycles. The van der Waals surface area contributed by atoms with Gasteiger partial charge in [0.25, 0.3) is 5.91 Å². The smallest absolute Gasteiger partial charge is 0.289 e. The topological polar surface area (TPSA) is 75.4 Å². The Balaban J connectivity index is 1.48. The number of aromatic nitrogens is 1. The number of likely N-dealkylation sites (tertiary alicyclic amines) is 1. The predicted molar refractivity (Wildman–Crippen MR) is 88.3 cm³/mol. The maximum Gasteiger partial charge on any atom is 0.289 e. The second-order valence-electron chi connectivity index (χ2n) is 5.99. The Labute approximate surface area is 140 Å². The molecule has 2 aromatic heterocycles. The number of nitrogens with zero attached hydrogens (tertiary/aromatic N) is 2. The number of piperidine rings is 1. The fourth-order valence-corrected chi connectivity index (χ4v) is 2.94. The summed E-state index contributed by atoms with van der Waals surface area (Å²) < 4.78 is 5.17. The van der Waals surface area contributed by atoms with E-state index in [0.29, 0.717) is 31.7 Å². The van der Waals surface area contributed by atoms with E-state index < -0.39 is 0 Å². The van der Waals surface area contributed by atoms with Crippen LogP contribution in [0, 0.1) is 0 Å².